The average molecular weight is 648 g/mol. The summed E-state index contributed by atoms with van der Waals surface area (Å²) in [5.74, 6) is 3.37. The first-order chi connectivity index (χ1) is 22.4. The maximum absolute atomic E-state index is 12.7. The topological polar surface area (TPSA) is 118 Å². The summed E-state index contributed by atoms with van der Waals surface area (Å²) in [6.45, 7) is -0.00306. The van der Waals surface area contributed by atoms with Crippen LogP contribution in [0.1, 0.15) is 33.2 Å². The van der Waals surface area contributed by atoms with Crippen molar-refractivity contribution in [3.8, 4) is 40.2 Å². The third-order valence-corrected chi connectivity index (χ3v) is 7.37. The molecule has 0 bridgehead atoms. The van der Waals surface area contributed by atoms with E-state index in [1.165, 1.54) is 0 Å². The van der Waals surface area contributed by atoms with Gasteiger partial charge in [0.1, 0.15) is 6.17 Å². The summed E-state index contributed by atoms with van der Waals surface area (Å²) in [6.07, 6.45) is 3.38. The van der Waals surface area contributed by atoms with E-state index >= 15 is 0 Å². The normalized spacial score (nSPS) is 13.7. The van der Waals surface area contributed by atoms with Crippen molar-refractivity contribution in [1.82, 2.24) is 10.8 Å². The van der Waals surface area contributed by atoms with E-state index in [9.17, 15) is 4.79 Å². The number of methoxy groups -OCH3 is 5. The zero-order chi connectivity index (χ0) is 32.6. The van der Waals surface area contributed by atoms with Gasteiger partial charge in [-0.1, -0.05) is 35.9 Å². The molecule has 0 radical (unpaired) electrons. The number of benzene rings is 4. The van der Waals surface area contributed by atoms with E-state index in [1.54, 1.807) is 71.9 Å². The monoisotopic (exact) mass is 647 g/mol. The number of hydrogen-bond donors (Lipinski definition) is 3. The Morgan fingerprint density at radius 2 is 1.37 bits per heavy atom. The Kier molecular flexibility index (Phi) is 10.3. The number of hydrogen-bond acceptors (Lipinski definition) is 10. The smallest absolute Gasteiger partial charge is 0.255 e. The minimum Gasteiger partial charge on any atom is -0.493 e. The molecule has 4 aromatic carbocycles. The van der Waals surface area contributed by atoms with Gasteiger partial charge in [-0.15, -0.1) is 5.48 Å². The number of fused-ring (bicyclic) bond motifs is 1. The van der Waals surface area contributed by atoms with Crippen molar-refractivity contribution >= 4 is 35.3 Å². The van der Waals surface area contributed by atoms with Gasteiger partial charge in [-0.05, 0) is 71.3 Å². The fourth-order valence-electron chi connectivity index (χ4n) is 4.86. The molecule has 46 heavy (non-hydrogen) atoms. The standard InChI is InChI=1S/C34H34ClN3O8/c1-40-26-12-8-20(6-7-21-15-30(42-3)32(44-5)31(16-21)43-4)14-29(26)46-36-19-45-27-13-9-22(17-28(27)41-2)33-37-25-11-10-23(35)18-24(25)34(39)38-33/h6-18,33,36-37H,19H2,1-5H3,(H,38,39)/b7-6-. The molecule has 5 rings (SSSR count). The van der Waals surface area contributed by atoms with Crippen LogP contribution >= 0.6 is 11.6 Å². The lowest BCUT2D eigenvalue weighted by Crippen LogP contribution is -2.38. The summed E-state index contributed by atoms with van der Waals surface area (Å²) in [6, 6.07) is 19.8. The minimum absolute atomic E-state index is 0.00306. The summed E-state index contributed by atoms with van der Waals surface area (Å²) in [5, 5.41) is 6.73. The molecule has 1 atom stereocenters. The molecule has 11 nitrogen and oxygen atoms in total. The Balaban J connectivity index is 1.22. The van der Waals surface area contributed by atoms with Crippen LogP contribution < -0.4 is 49.4 Å². The molecule has 1 heterocycles. The highest BCUT2D eigenvalue weighted by Crippen LogP contribution is 2.39. The van der Waals surface area contributed by atoms with E-state index in [0.717, 1.165) is 16.7 Å². The number of ether oxygens (including phenoxy) is 6. The van der Waals surface area contributed by atoms with Crippen LogP contribution in [-0.4, -0.2) is 48.2 Å². The number of carbonyl (C=O) groups excluding carboxylic acids is 1. The summed E-state index contributed by atoms with van der Waals surface area (Å²) >= 11 is 6.05. The second-order valence-corrected chi connectivity index (χ2v) is 10.3. The largest absolute Gasteiger partial charge is 0.493 e. The summed E-state index contributed by atoms with van der Waals surface area (Å²) < 4.78 is 33.2. The Morgan fingerprint density at radius 3 is 2.07 bits per heavy atom. The van der Waals surface area contributed by atoms with E-state index in [0.29, 0.717) is 56.5 Å². The van der Waals surface area contributed by atoms with Gasteiger partial charge in [-0.2, -0.15) is 0 Å². The molecule has 0 aromatic heterocycles. The fraction of sp³-hybridized carbons (Fsp3) is 0.206. The lowest BCUT2D eigenvalue weighted by Gasteiger charge is -2.28. The number of nitrogens with one attached hydrogen (secondary N) is 3. The second kappa shape index (κ2) is 14.7. The molecular formula is C34H34ClN3O8. The van der Waals surface area contributed by atoms with Gasteiger partial charge < -0.3 is 43.9 Å². The summed E-state index contributed by atoms with van der Waals surface area (Å²) in [4.78, 5) is 18.5. The quantitative estimate of drug-likeness (QED) is 0.0658. The van der Waals surface area contributed by atoms with Crippen molar-refractivity contribution in [1.29, 1.82) is 0 Å². The van der Waals surface area contributed by atoms with Crippen LogP contribution in [0.5, 0.6) is 40.2 Å². The SMILES string of the molecule is COc1cc(C2NC(=O)c3cc(Cl)ccc3N2)ccc1OCNOc1cc(/C=C\c2cc(OC)c(OC)c(OC)c2)ccc1OC. The van der Waals surface area contributed by atoms with Crippen LogP contribution in [0.15, 0.2) is 66.7 Å². The Labute approximate surface area is 271 Å². The van der Waals surface area contributed by atoms with Crippen LogP contribution in [-0.2, 0) is 0 Å². The van der Waals surface area contributed by atoms with Crippen LogP contribution in [0.4, 0.5) is 5.69 Å². The molecule has 0 fully saturated rings. The summed E-state index contributed by atoms with van der Waals surface area (Å²) in [5.41, 5.74) is 6.48. The Bertz CT molecular complexity index is 1720. The van der Waals surface area contributed by atoms with Gasteiger partial charge in [-0.25, -0.2) is 0 Å². The minimum atomic E-state index is -0.465. The first-order valence-electron chi connectivity index (χ1n) is 14.1. The maximum atomic E-state index is 12.7. The lowest BCUT2D eigenvalue weighted by molar-refractivity contribution is 0.0935. The number of halogens is 1. The van der Waals surface area contributed by atoms with E-state index < -0.39 is 6.17 Å². The molecule has 1 aliphatic rings. The first-order valence-corrected chi connectivity index (χ1v) is 14.5. The Hall–Kier alpha value is -5.26. The summed E-state index contributed by atoms with van der Waals surface area (Å²) in [7, 11) is 7.82. The second-order valence-electron chi connectivity index (χ2n) is 9.89. The van der Waals surface area contributed by atoms with Crippen molar-refractivity contribution in [2.75, 3.05) is 47.6 Å². The number of amides is 1. The maximum Gasteiger partial charge on any atom is 0.255 e. The molecule has 1 unspecified atom stereocenters. The van der Waals surface area contributed by atoms with Gasteiger partial charge in [0.15, 0.2) is 41.2 Å². The molecule has 4 aromatic rings. The zero-order valence-corrected chi connectivity index (χ0v) is 26.7. The van der Waals surface area contributed by atoms with Gasteiger partial charge >= 0.3 is 0 Å². The van der Waals surface area contributed by atoms with Crippen molar-refractivity contribution in [2.24, 2.45) is 0 Å². The average Bonchev–Trinajstić information content (AvgIpc) is 3.08. The number of carbonyl (C=O) groups is 1. The van der Waals surface area contributed by atoms with Gasteiger partial charge in [0, 0.05) is 10.7 Å². The lowest BCUT2D eigenvalue weighted by atomic mass is 10.1. The molecule has 0 saturated heterocycles. The number of rotatable bonds is 13. The fourth-order valence-corrected chi connectivity index (χ4v) is 5.03. The third kappa shape index (κ3) is 7.17. The first kappa shape index (κ1) is 32.1. The highest BCUT2D eigenvalue weighted by Gasteiger charge is 2.25. The molecule has 0 aliphatic carbocycles. The molecular weight excluding hydrogens is 614 g/mol. The van der Waals surface area contributed by atoms with Gasteiger partial charge in [0.25, 0.3) is 5.91 Å². The number of anilines is 1. The molecule has 0 saturated carbocycles. The van der Waals surface area contributed by atoms with Crippen molar-refractivity contribution in [3.05, 3.63) is 94.0 Å². The predicted octanol–water partition coefficient (Wildman–Crippen LogP) is 6.33. The highest BCUT2D eigenvalue weighted by molar-refractivity contribution is 6.31. The molecule has 1 aliphatic heterocycles. The molecule has 3 N–H and O–H groups in total. The molecule has 0 spiro atoms. The van der Waals surface area contributed by atoms with Gasteiger partial charge in [0.05, 0.1) is 41.1 Å². The van der Waals surface area contributed by atoms with Crippen molar-refractivity contribution < 1.29 is 38.1 Å². The van der Waals surface area contributed by atoms with E-state index in [-0.39, 0.29) is 12.6 Å². The molecule has 1 amide bonds. The van der Waals surface area contributed by atoms with Crippen LogP contribution in [0.25, 0.3) is 12.2 Å². The van der Waals surface area contributed by atoms with E-state index in [2.05, 4.69) is 16.1 Å². The van der Waals surface area contributed by atoms with Crippen LogP contribution in [0.3, 0.4) is 0 Å². The van der Waals surface area contributed by atoms with E-state index in [1.807, 2.05) is 42.5 Å². The van der Waals surface area contributed by atoms with Gasteiger partial charge in [-0.3, -0.25) is 4.79 Å². The van der Waals surface area contributed by atoms with Crippen LogP contribution in [0.2, 0.25) is 5.02 Å². The Morgan fingerprint density at radius 1 is 0.696 bits per heavy atom. The predicted molar refractivity (Wildman–Crippen MR) is 176 cm³/mol. The van der Waals surface area contributed by atoms with E-state index in [4.69, 9.17) is 44.9 Å². The highest BCUT2D eigenvalue weighted by atomic mass is 35.5. The number of hydroxylamine groups is 1. The zero-order valence-electron chi connectivity index (χ0n) is 25.9. The molecule has 12 heteroatoms. The van der Waals surface area contributed by atoms with Crippen LogP contribution in [0, 0.1) is 0 Å². The third-order valence-electron chi connectivity index (χ3n) is 7.13. The van der Waals surface area contributed by atoms with Crippen molar-refractivity contribution in [3.63, 3.8) is 0 Å². The van der Waals surface area contributed by atoms with Gasteiger partial charge in [0.2, 0.25) is 5.75 Å². The van der Waals surface area contributed by atoms with Crippen molar-refractivity contribution in [2.45, 2.75) is 6.17 Å². The molecule has 240 valence electrons.